The van der Waals surface area contributed by atoms with Gasteiger partial charge < -0.3 is 9.88 Å². The van der Waals surface area contributed by atoms with Crippen LogP contribution in [-0.2, 0) is 16.6 Å². The summed E-state index contributed by atoms with van der Waals surface area (Å²) in [6.45, 7) is 2.41. The molecule has 0 saturated heterocycles. The van der Waals surface area contributed by atoms with Crippen LogP contribution >= 0.6 is 11.6 Å². The number of hydrogen-bond donors (Lipinski definition) is 2. The maximum absolute atomic E-state index is 12.9. The van der Waals surface area contributed by atoms with Gasteiger partial charge in [0, 0.05) is 24.0 Å². The van der Waals surface area contributed by atoms with Gasteiger partial charge in [0.1, 0.15) is 21.8 Å². The third kappa shape index (κ3) is 4.37. The first kappa shape index (κ1) is 22.3. The summed E-state index contributed by atoms with van der Waals surface area (Å²) in [5.74, 6) is -0.614. The van der Waals surface area contributed by atoms with E-state index >= 15 is 0 Å². The molecular formula is C18H18ClF3N4O3S. The van der Waals surface area contributed by atoms with E-state index in [9.17, 15) is 26.4 Å². The second-order valence-electron chi connectivity index (χ2n) is 6.74. The summed E-state index contributed by atoms with van der Waals surface area (Å²) in [6, 6.07) is 0.628. The number of aromatic nitrogens is 2. The van der Waals surface area contributed by atoms with Gasteiger partial charge in [0.2, 0.25) is 10.0 Å². The summed E-state index contributed by atoms with van der Waals surface area (Å²) < 4.78 is 67.5. The number of allylic oxidation sites excluding steroid dienone is 1. The number of sulfonamides is 1. The Kier molecular flexibility index (Phi) is 5.99. The van der Waals surface area contributed by atoms with Gasteiger partial charge in [-0.3, -0.25) is 4.79 Å². The van der Waals surface area contributed by atoms with Crippen molar-refractivity contribution in [3.63, 3.8) is 0 Å². The standard InChI is InChI=1S/C18H18ClF3N4O3S/c1-10-15(17(27)24-12-6-7-23-14(19)9-12)26-8-4-3-5-13(26)16(10)30(28,29)25-11(2)18(20,21)22/h3,5-7,9,11,25H,4,8H2,1-2H3,(H,23,24,27). The maximum Gasteiger partial charge on any atom is 0.404 e. The van der Waals surface area contributed by atoms with E-state index in [0.29, 0.717) is 25.6 Å². The van der Waals surface area contributed by atoms with E-state index in [1.807, 2.05) is 0 Å². The number of carbonyl (C=O) groups excluding carboxylic acids is 1. The Labute approximate surface area is 176 Å². The first-order valence-electron chi connectivity index (χ1n) is 8.83. The predicted molar refractivity (Wildman–Crippen MR) is 106 cm³/mol. The molecule has 0 aliphatic carbocycles. The topological polar surface area (TPSA) is 93.1 Å². The highest BCUT2D eigenvalue weighted by atomic mass is 35.5. The van der Waals surface area contributed by atoms with E-state index in [-0.39, 0.29) is 27.0 Å². The molecule has 1 aliphatic rings. The minimum Gasteiger partial charge on any atom is -0.335 e. The van der Waals surface area contributed by atoms with Crippen molar-refractivity contribution in [1.29, 1.82) is 0 Å². The lowest BCUT2D eigenvalue weighted by Crippen LogP contribution is -2.43. The molecule has 7 nitrogen and oxygen atoms in total. The zero-order chi connectivity index (χ0) is 22.3. The van der Waals surface area contributed by atoms with Crippen molar-refractivity contribution in [1.82, 2.24) is 14.3 Å². The summed E-state index contributed by atoms with van der Waals surface area (Å²) in [4.78, 5) is 16.4. The van der Waals surface area contributed by atoms with Gasteiger partial charge >= 0.3 is 6.18 Å². The highest BCUT2D eigenvalue weighted by Crippen LogP contribution is 2.32. The Bertz CT molecular complexity index is 1130. The van der Waals surface area contributed by atoms with E-state index in [0.717, 1.165) is 0 Å². The molecular weight excluding hydrogens is 445 g/mol. The molecule has 30 heavy (non-hydrogen) atoms. The van der Waals surface area contributed by atoms with Gasteiger partial charge in [-0.05, 0) is 38.5 Å². The molecule has 0 fully saturated rings. The minimum absolute atomic E-state index is 0.0438. The van der Waals surface area contributed by atoms with Crippen LogP contribution in [0.25, 0.3) is 6.08 Å². The number of hydrogen-bond acceptors (Lipinski definition) is 4. The normalized spacial score (nSPS) is 15.0. The van der Waals surface area contributed by atoms with Gasteiger partial charge in [0.15, 0.2) is 0 Å². The molecule has 1 atom stereocenters. The third-order valence-electron chi connectivity index (χ3n) is 4.58. The number of alkyl halides is 3. The van der Waals surface area contributed by atoms with Gasteiger partial charge in [-0.2, -0.15) is 17.9 Å². The Hall–Kier alpha value is -2.37. The van der Waals surface area contributed by atoms with Crippen molar-refractivity contribution in [2.24, 2.45) is 0 Å². The molecule has 3 rings (SSSR count). The number of amides is 1. The average molecular weight is 463 g/mol. The van der Waals surface area contributed by atoms with E-state index < -0.39 is 28.1 Å². The lowest BCUT2D eigenvalue weighted by molar-refractivity contribution is -0.147. The van der Waals surface area contributed by atoms with Crippen molar-refractivity contribution in [2.45, 2.75) is 43.9 Å². The molecule has 162 valence electrons. The van der Waals surface area contributed by atoms with Gasteiger partial charge in [-0.25, -0.2) is 13.4 Å². The molecule has 0 radical (unpaired) electrons. The molecule has 1 aliphatic heterocycles. The molecule has 0 bridgehead atoms. The molecule has 12 heteroatoms. The van der Waals surface area contributed by atoms with E-state index in [1.165, 1.54) is 35.9 Å². The molecule has 1 unspecified atom stereocenters. The fraction of sp³-hybridized carbons (Fsp3) is 0.333. The first-order valence-corrected chi connectivity index (χ1v) is 10.7. The Morgan fingerprint density at radius 3 is 2.70 bits per heavy atom. The smallest absolute Gasteiger partial charge is 0.335 e. The number of nitrogens with zero attached hydrogens (tertiary/aromatic N) is 2. The summed E-state index contributed by atoms with van der Waals surface area (Å²) in [5.41, 5.74) is 0.589. The number of anilines is 1. The van der Waals surface area contributed by atoms with Crippen LogP contribution in [0.15, 0.2) is 29.3 Å². The SMILES string of the molecule is Cc1c(S(=O)(=O)NC(C)C(F)(F)F)c2n(c1C(=O)Nc1ccnc(Cl)c1)CCC=C2. The van der Waals surface area contributed by atoms with Crippen LogP contribution in [-0.4, -0.2) is 36.1 Å². The number of fused-ring (bicyclic) bond motifs is 1. The molecule has 1 amide bonds. The van der Waals surface area contributed by atoms with Crippen molar-refractivity contribution < 1.29 is 26.4 Å². The van der Waals surface area contributed by atoms with Crippen molar-refractivity contribution in [2.75, 3.05) is 5.32 Å². The van der Waals surface area contributed by atoms with Crippen LogP contribution < -0.4 is 10.0 Å². The molecule has 3 heterocycles. The van der Waals surface area contributed by atoms with E-state index in [4.69, 9.17) is 11.6 Å². The Morgan fingerprint density at radius 1 is 1.37 bits per heavy atom. The van der Waals surface area contributed by atoms with Crippen molar-refractivity contribution in [3.8, 4) is 0 Å². The lowest BCUT2D eigenvalue weighted by Gasteiger charge is -2.18. The van der Waals surface area contributed by atoms with Crippen LogP contribution in [0.5, 0.6) is 0 Å². The fourth-order valence-corrected chi connectivity index (χ4v) is 5.05. The Morgan fingerprint density at radius 2 is 2.07 bits per heavy atom. The number of rotatable bonds is 5. The van der Waals surface area contributed by atoms with Crippen LogP contribution in [0.1, 0.15) is 35.1 Å². The highest BCUT2D eigenvalue weighted by Gasteiger charge is 2.41. The first-order chi connectivity index (χ1) is 13.9. The third-order valence-corrected chi connectivity index (χ3v) is 6.50. The zero-order valence-corrected chi connectivity index (χ0v) is 17.5. The van der Waals surface area contributed by atoms with Gasteiger partial charge in [-0.1, -0.05) is 17.7 Å². The van der Waals surface area contributed by atoms with Crippen molar-refractivity contribution in [3.05, 3.63) is 46.5 Å². The van der Waals surface area contributed by atoms with Gasteiger partial charge in [0.05, 0.1) is 5.69 Å². The highest BCUT2D eigenvalue weighted by molar-refractivity contribution is 7.89. The molecule has 0 spiro atoms. The van der Waals surface area contributed by atoms with Crippen LogP contribution in [0.2, 0.25) is 5.15 Å². The molecule has 2 aromatic rings. The van der Waals surface area contributed by atoms with Crippen LogP contribution in [0.4, 0.5) is 18.9 Å². The number of nitrogens with one attached hydrogen (secondary N) is 2. The summed E-state index contributed by atoms with van der Waals surface area (Å²) in [5, 5.41) is 2.77. The fourth-order valence-electron chi connectivity index (χ4n) is 3.20. The summed E-state index contributed by atoms with van der Waals surface area (Å²) in [6.07, 6.45) is 0.361. The molecule has 2 N–H and O–H groups in total. The monoisotopic (exact) mass is 462 g/mol. The summed E-state index contributed by atoms with van der Waals surface area (Å²) >= 11 is 5.81. The average Bonchev–Trinajstić information content (AvgIpc) is 2.93. The maximum atomic E-state index is 12.9. The summed E-state index contributed by atoms with van der Waals surface area (Å²) in [7, 11) is -4.56. The minimum atomic E-state index is -4.75. The Balaban J connectivity index is 2.06. The van der Waals surface area contributed by atoms with E-state index in [2.05, 4.69) is 10.3 Å². The van der Waals surface area contributed by atoms with Gasteiger partial charge in [0.25, 0.3) is 5.91 Å². The van der Waals surface area contributed by atoms with E-state index in [1.54, 1.807) is 10.8 Å². The quantitative estimate of drug-likeness (QED) is 0.662. The number of pyridine rings is 1. The molecule has 0 aromatic carbocycles. The van der Waals surface area contributed by atoms with Gasteiger partial charge in [-0.15, -0.1) is 0 Å². The zero-order valence-electron chi connectivity index (χ0n) is 15.9. The second kappa shape index (κ2) is 8.05. The largest absolute Gasteiger partial charge is 0.404 e. The molecule has 2 aromatic heterocycles. The lowest BCUT2D eigenvalue weighted by atomic mass is 10.2. The van der Waals surface area contributed by atoms with Crippen LogP contribution in [0.3, 0.4) is 0 Å². The molecule has 0 saturated carbocycles. The number of halogens is 4. The number of carbonyl (C=O) groups is 1. The second-order valence-corrected chi connectivity index (χ2v) is 8.77. The van der Waals surface area contributed by atoms with Crippen molar-refractivity contribution >= 4 is 39.3 Å². The van der Waals surface area contributed by atoms with Crippen LogP contribution in [0, 0.1) is 6.92 Å². The predicted octanol–water partition coefficient (Wildman–Crippen LogP) is 3.74.